The van der Waals surface area contributed by atoms with Crippen molar-refractivity contribution in [3.8, 4) is 0 Å². The predicted octanol–water partition coefficient (Wildman–Crippen LogP) is -6.10. The number of aromatic nitrogens is 8. The number of hydrogen-bond acceptors (Lipinski definition) is 25. The van der Waals surface area contributed by atoms with Gasteiger partial charge in [-0.25, -0.2) is 19.2 Å². The van der Waals surface area contributed by atoms with E-state index in [0.29, 0.717) is 6.54 Å². The fraction of sp³-hybridized carbons (Fsp3) is 0.543. The van der Waals surface area contributed by atoms with Crippen molar-refractivity contribution in [1.82, 2.24) is 38.2 Å². The molecule has 2 aliphatic heterocycles. The van der Waals surface area contributed by atoms with Gasteiger partial charge in [-0.1, -0.05) is 7.43 Å². The Labute approximate surface area is 432 Å². The van der Waals surface area contributed by atoms with Crippen LogP contribution >= 0.6 is 29.9 Å². The predicted molar refractivity (Wildman–Crippen MR) is 252 cm³/mol. The van der Waals surface area contributed by atoms with Gasteiger partial charge in [0.1, 0.15) is 54.5 Å². The molecule has 0 spiro atoms. The summed E-state index contributed by atoms with van der Waals surface area (Å²) in [7, 11) is -14.1. The van der Waals surface area contributed by atoms with Crippen molar-refractivity contribution in [3.63, 3.8) is 0 Å². The fourth-order valence-corrected chi connectivity index (χ4v) is 8.03. The number of nitrogens with two attached hydrogens (primary N) is 4. The summed E-state index contributed by atoms with van der Waals surface area (Å²) in [6, 6.07) is 5.84. The van der Waals surface area contributed by atoms with Crippen molar-refractivity contribution in [2.24, 2.45) is 0 Å². The molecule has 4 aromatic rings. The second-order valence-corrected chi connectivity index (χ2v) is 23.3. The van der Waals surface area contributed by atoms with Gasteiger partial charge in [0, 0.05) is 38.8 Å². The molecule has 2 aliphatic rings. The Morgan fingerprint density at radius 1 is 0.694 bits per heavy atom. The minimum Gasteiger partial charge on any atom is -0.798 e. The summed E-state index contributed by atoms with van der Waals surface area (Å²) in [5.74, 6) is 0.486. The summed E-state index contributed by atoms with van der Waals surface area (Å²) >= 11 is 0. The molecule has 6 rings (SSSR count). The van der Waals surface area contributed by atoms with E-state index >= 15 is 0 Å². The smallest absolute Gasteiger partial charge is 0.798 e. The summed E-state index contributed by atoms with van der Waals surface area (Å²) in [6.07, 6.45) is 1.74. The molecule has 0 amide bonds. The maximum atomic E-state index is 11.5. The Bertz CT molecular complexity index is 2570. The van der Waals surface area contributed by atoms with Crippen molar-refractivity contribution < 1.29 is 106 Å². The maximum Gasteiger partial charge on any atom is 1.00 e. The standard InChI is InChI=1S/C9H16N3O5P.C9H14N3O4P.C8H14N3O6P.C8H12N3O5P.CH4.Na/c1-18(15,16)6-17-7(5-13)4-12-3-2-8(10)11-9(12)14;1-17(14)6-15-7(5-16-17)4-12-3-2-8(10)11-9(12)13;9-7-1-2-11(8(13)10-7)3-6(4-12)17-5-18(14,15)16;9-7-1-2-11(8(12)10-7)3-6-4-16-17(13,14)5-15-6;;/h2-3,7,13H,4-6H2,1H3,(H,15,16)(H2,10,11,14);2-3,7H,4-6H2,1H3,(H2,10,11,13);1-2,6,12H,3-5H2,(H2,9,10,13)(H2,14,15,16);1-2,6H,3-5H2,(H,13,14)(H2,9,10,12);1H4;/q;;;;;+1/p-1/t7-;7-,17?;2*6-;;/m0000../s1. The second kappa shape index (κ2) is 30.5. The summed E-state index contributed by atoms with van der Waals surface area (Å²) in [5, 5.41) is 18.0. The third kappa shape index (κ3) is 25.9. The first kappa shape index (κ1) is 66.2. The minimum absolute atomic E-state index is 0. The first-order chi connectivity index (χ1) is 32.6. The third-order valence-corrected chi connectivity index (χ3v) is 12.1. The van der Waals surface area contributed by atoms with Gasteiger partial charge in [0.15, 0.2) is 0 Å². The van der Waals surface area contributed by atoms with Crippen LogP contribution in [0.5, 0.6) is 0 Å². The molecule has 72 heavy (non-hydrogen) atoms. The largest absolute Gasteiger partial charge is 1.00 e. The second-order valence-electron chi connectivity index (χ2n) is 15.1. The molecule has 0 radical (unpaired) electrons. The molecule has 32 nitrogen and oxygen atoms in total. The Hall–Kier alpha value is -3.84. The van der Waals surface area contributed by atoms with Gasteiger partial charge >= 0.3 is 67.5 Å². The maximum absolute atomic E-state index is 11.5. The van der Waals surface area contributed by atoms with Gasteiger partial charge in [0.2, 0.25) is 7.37 Å². The number of anilines is 4. The quantitative estimate of drug-likeness (QED) is 0.0372. The molecule has 7 atom stereocenters. The SMILES string of the molecule is C.CP(=O)([O-])CO[C@H](CO)Cn1ccc(N)nc1=O.CP1(=O)CO[C@@H](Cn2ccc(N)nc2=O)CO1.Nc1ccn(C[C@@H](CO)OCP(=O)(O)O)c(=O)n1.Nc1ccn(C[C@H]2COP(=O)(O)CO2)c(=O)n1.[Na+]. The molecular formula is C35H59N12NaO20P4. The van der Waals surface area contributed by atoms with Crippen LogP contribution in [0.2, 0.25) is 0 Å². The first-order valence-corrected chi connectivity index (χ1v) is 28.1. The van der Waals surface area contributed by atoms with Gasteiger partial charge in [0.25, 0.3) is 0 Å². The van der Waals surface area contributed by atoms with Gasteiger partial charge in [0.05, 0.1) is 71.2 Å². The van der Waals surface area contributed by atoms with Crippen LogP contribution < -0.4 is 80.1 Å². The molecule has 2 saturated heterocycles. The van der Waals surface area contributed by atoms with E-state index in [4.69, 9.17) is 75.8 Å². The zero-order chi connectivity index (χ0) is 52.5. The van der Waals surface area contributed by atoms with Crippen LogP contribution in [-0.4, -0.2) is 153 Å². The normalized spacial score (nSPS) is 21.2. The minimum atomic E-state index is -4.31. The van der Waals surface area contributed by atoms with Gasteiger partial charge in [-0.05, 0) is 30.9 Å². The molecule has 37 heteroatoms. The van der Waals surface area contributed by atoms with Crippen LogP contribution in [0.25, 0.3) is 0 Å². The van der Waals surface area contributed by atoms with Crippen LogP contribution in [0.3, 0.4) is 0 Å². The summed E-state index contributed by atoms with van der Waals surface area (Å²) < 4.78 is 79.3. The van der Waals surface area contributed by atoms with Crippen LogP contribution in [0.4, 0.5) is 23.3 Å². The number of rotatable bonds is 16. The Morgan fingerprint density at radius 3 is 1.33 bits per heavy atom. The molecule has 0 aliphatic carbocycles. The zero-order valence-corrected chi connectivity index (χ0v) is 44.0. The molecule has 400 valence electrons. The first-order valence-electron chi connectivity index (χ1n) is 20.1. The number of aliphatic hydroxyl groups is 2. The van der Waals surface area contributed by atoms with Crippen molar-refractivity contribution in [3.05, 3.63) is 91.0 Å². The van der Waals surface area contributed by atoms with E-state index < -0.39 is 96.9 Å². The number of nitrogen functional groups attached to an aromatic ring is 4. The van der Waals surface area contributed by atoms with Gasteiger partial charge in [-0.2, -0.15) is 19.9 Å². The van der Waals surface area contributed by atoms with Gasteiger partial charge in [-0.3, -0.25) is 32.0 Å². The topological polar surface area (TPSA) is 492 Å². The third-order valence-electron chi connectivity index (χ3n) is 8.63. The van der Waals surface area contributed by atoms with Crippen LogP contribution in [0.15, 0.2) is 68.2 Å². The van der Waals surface area contributed by atoms with Crippen LogP contribution in [0, 0.1) is 0 Å². The van der Waals surface area contributed by atoms with E-state index in [-0.39, 0.29) is 112 Å². The van der Waals surface area contributed by atoms with Crippen LogP contribution in [-0.2, 0) is 72.4 Å². The van der Waals surface area contributed by atoms with E-state index in [1.165, 1.54) is 63.2 Å². The molecule has 0 aromatic carbocycles. The van der Waals surface area contributed by atoms with Crippen molar-refractivity contribution in [2.75, 3.05) is 88.1 Å². The monoisotopic (exact) mass is 1110 g/mol. The molecule has 2 fully saturated rings. The molecular weight excluding hydrogens is 1060 g/mol. The van der Waals surface area contributed by atoms with Gasteiger partial charge in [-0.15, -0.1) is 0 Å². The molecule has 3 unspecified atom stereocenters. The summed E-state index contributed by atoms with van der Waals surface area (Å²) in [4.78, 5) is 97.0. The zero-order valence-electron chi connectivity index (χ0n) is 38.4. The summed E-state index contributed by atoms with van der Waals surface area (Å²) in [6.45, 7) is 2.28. The van der Waals surface area contributed by atoms with E-state index in [2.05, 4.69) is 19.9 Å². The fourth-order valence-electron chi connectivity index (χ4n) is 5.23. The summed E-state index contributed by atoms with van der Waals surface area (Å²) in [5.41, 5.74) is 19.2. The number of aliphatic hydroxyl groups excluding tert-OH is 2. The van der Waals surface area contributed by atoms with Crippen LogP contribution in [0.1, 0.15) is 7.43 Å². The van der Waals surface area contributed by atoms with Crippen molar-refractivity contribution in [1.29, 1.82) is 0 Å². The number of ether oxygens (including phenoxy) is 4. The average Bonchev–Trinajstić information content (AvgIpc) is 3.26. The van der Waals surface area contributed by atoms with E-state index in [1.807, 2.05) is 0 Å². The molecule has 6 heterocycles. The Morgan fingerprint density at radius 2 is 1.04 bits per heavy atom. The number of nitrogens with zero attached hydrogens (tertiary/aromatic N) is 8. The Balaban J connectivity index is 0.000000476. The number of hydrogen-bond donors (Lipinski definition) is 9. The van der Waals surface area contributed by atoms with Crippen molar-refractivity contribution >= 4 is 53.2 Å². The Kier molecular flexibility index (Phi) is 28.0. The molecule has 0 saturated carbocycles. The average molecular weight is 1110 g/mol. The van der Waals surface area contributed by atoms with Gasteiger partial charge < -0.3 is 85.3 Å². The van der Waals surface area contributed by atoms with E-state index in [0.717, 1.165) is 11.2 Å². The molecule has 13 N–H and O–H groups in total. The van der Waals surface area contributed by atoms with E-state index in [9.17, 15) is 42.3 Å². The molecule has 0 bridgehead atoms. The molecule has 4 aromatic heterocycles. The van der Waals surface area contributed by atoms with Crippen molar-refractivity contribution in [2.45, 2.75) is 58.0 Å². The van der Waals surface area contributed by atoms with E-state index in [1.54, 1.807) is 6.20 Å².